The zero-order valence-corrected chi connectivity index (χ0v) is 24.8. The Kier molecular flexibility index (Phi) is 9.77. The molecule has 0 aliphatic heterocycles. The first-order chi connectivity index (χ1) is 21.0. The lowest BCUT2D eigenvalue weighted by Crippen LogP contribution is -2.50. The van der Waals surface area contributed by atoms with Gasteiger partial charge in [0.1, 0.15) is 23.1 Å². The molecular formula is C28H33F6N7O4. The summed E-state index contributed by atoms with van der Waals surface area (Å²) in [5, 5.41) is 14.4. The molecule has 0 saturated heterocycles. The molecule has 11 nitrogen and oxygen atoms in total. The number of hydrogen-bond donors (Lipinski definition) is 4. The Morgan fingerprint density at radius 1 is 1.09 bits per heavy atom. The van der Waals surface area contributed by atoms with E-state index in [0.717, 1.165) is 6.07 Å². The number of alkyl halides is 5. The predicted octanol–water partition coefficient (Wildman–Crippen LogP) is 4.61. The number of likely N-dealkylation sites (N-methyl/N-ethyl adjacent to an activating group) is 1. The Hall–Kier alpha value is -4.18. The fourth-order valence-electron chi connectivity index (χ4n) is 5.47. The summed E-state index contributed by atoms with van der Waals surface area (Å²) in [6, 6.07) is 0.0181. The lowest BCUT2D eigenvalue weighted by molar-refractivity contribution is -0.149. The van der Waals surface area contributed by atoms with E-state index >= 15 is 4.39 Å². The van der Waals surface area contributed by atoms with Gasteiger partial charge in [0.25, 0.3) is 5.91 Å². The Bertz CT molecular complexity index is 1540. The number of imidazole rings is 1. The van der Waals surface area contributed by atoms with Crippen LogP contribution in [-0.4, -0.2) is 63.2 Å². The first kappa shape index (κ1) is 33.7. The zero-order valence-electron chi connectivity index (χ0n) is 24.8. The van der Waals surface area contributed by atoms with Gasteiger partial charge in [0, 0.05) is 25.5 Å². The summed E-state index contributed by atoms with van der Waals surface area (Å²) in [6.07, 6.45) is -7.57. The van der Waals surface area contributed by atoms with Gasteiger partial charge in [-0.1, -0.05) is 25.1 Å². The van der Waals surface area contributed by atoms with Gasteiger partial charge in [-0.3, -0.25) is 14.4 Å². The van der Waals surface area contributed by atoms with Crippen LogP contribution in [0.5, 0.6) is 0 Å². The number of aromatic amines is 1. The molecule has 4 N–H and O–H groups in total. The van der Waals surface area contributed by atoms with Crippen LogP contribution >= 0.6 is 0 Å². The Balaban J connectivity index is 1.73. The normalized spacial score (nSPS) is 17.6. The number of aromatic nitrogens is 4. The standard InChI is InChI=1S/C28H33F6N7O4/c1-12(2)19(25(43)35-4)38-24(42)16(11-28(32,33)34)15-5-6-17-22(18(15)29)37-23(36-17)21(14-7-9-27(30,31)10-8-14)39-26(44)20-13(3)40-45-41-20/h5-6,12,14,16,19,21H,7-11H2,1-4H3,(H,35,43)(H,36,37)(H,38,42)(H,39,44)/t16-,19+,21-/m0/s1. The van der Waals surface area contributed by atoms with Gasteiger partial charge in [-0.15, -0.1) is 0 Å². The van der Waals surface area contributed by atoms with E-state index in [4.69, 9.17) is 0 Å². The summed E-state index contributed by atoms with van der Waals surface area (Å²) in [5.74, 6) is -9.89. The number of rotatable bonds is 10. The summed E-state index contributed by atoms with van der Waals surface area (Å²) in [6.45, 7) is 4.63. The third-order valence-corrected chi connectivity index (χ3v) is 7.94. The van der Waals surface area contributed by atoms with Gasteiger partial charge in [-0.2, -0.15) is 13.2 Å². The topological polar surface area (TPSA) is 155 Å². The van der Waals surface area contributed by atoms with Crippen LogP contribution in [0.3, 0.4) is 0 Å². The van der Waals surface area contributed by atoms with Gasteiger partial charge >= 0.3 is 6.18 Å². The van der Waals surface area contributed by atoms with Crippen LogP contribution in [0.2, 0.25) is 0 Å². The van der Waals surface area contributed by atoms with Crippen molar-refractivity contribution in [2.24, 2.45) is 11.8 Å². The molecule has 0 bridgehead atoms. The van der Waals surface area contributed by atoms with Crippen molar-refractivity contribution in [3.63, 3.8) is 0 Å². The van der Waals surface area contributed by atoms with E-state index in [1.807, 2.05) is 0 Å². The average Bonchev–Trinajstić information content (AvgIpc) is 3.59. The summed E-state index contributed by atoms with van der Waals surface area (Å²) >= 11 is 0. The molecule has 1 aliphatic rings. The van der Waals surface area contributed by atoms with Gasteiger partial charge < -0.3 is 20.9 Å². The number of H-pyrrole nitrogens is 1. The molecule has 2 aromatic heterocycles. The molecule has 246 valence electrons. The van der Waals surface area contributed by atoms with Crippen LogP contribution in [0.25, 0.3) is 11.0 Å². The second-order valence-electron chi connectivity index (χ2n) is 11.5. The number of carbonyl (C=O) groups excluding carboxylic acids is 3. The van der Waals surface area contributed by atoms with Crippen molar-refractivity contribution in [1.29, 1.82) is 0 Å². The van der Waals surface area contributed by atoms with E-state index in [1.165, 1.54) is 20.0 Å². The van der Waals surface area contributed by atoms with E-state index in [9.17, 15) is 36.3 Å². The summed E-state index contributed by atoms with van der Waals surface area (Å²) < 4.78 is 89.4. The molecule has 17 heteroatoms. The summed E-state index contributed by atoms with van der Waals surface area (Å²) in [7, 11) is 1.30. The second-order valence-corrected chi connectivity index (χ2v) is 11.5. The molecule has 1 saturated carbocycles. The first-order valence-electron chi connectivity index (χ1n) is 14.3. The molecule has 1 aromatic carbocycles. The van der Waals surface area contributed by atoms with Gasteiger partial charge in [0.2, 0.25) is 17.7 Å². The smallest absolute Gasteiger partial charge is 0.357 e. The van der Waals surface area contributed by atoms with Crippen molar-refractivity contribution in [2.45, 2.75) is 83.0 Å². The Morgan fingerprint density at radius 2 is 1.76 bits per heavy atom. The highest BCUT2D eigenvalue weighted by Gasteiger charge is 2.41. The fourth-order valence-corrected chi connectivity index (χ4v) is 5.47. The number of nitrogens with one attached hydrogen (secondary N) is 4. The molecule has 0 radical (unpaired) electrons. The number of fused-ring (bicyclic) bond motifs is 1. The Labute approximate surface area is 253 Å². The van der Waals surface area contributed by atoms with E-state index in [-0.39, 0.29) is 35.6 Å². The van der Waals surface area contributed by atoms with Crippen LogP contribution in [0.15, 0.2) is 16.8 Å². The van der Waals surface area contributed by atoms with Crippen molar-refractivity contribution in [3.8, 4) is 0 Å². The number of nitrogens with zero attached hydrogens (tertiary/aromatic N) is 3. The molecule has 45 heavy (non-hydrogen) atoms. The maximum atomic E-state index is 16.0. The van der Waals surface area contributed by atoms with E-state index < -0.39 is 95.8 Å². The van der Waals surface area contributed by atoms with Gasteiger partial charge in [0.15, 0.2) is 11.5 Å². The Morgan fingerprint density at radius 3 is 2.31 bits per heavy atom. The highest BCUT2D eigenvalue weighted by Crippen LogP contribution is 2.42. The number of carbonyl (C=O) groups is 3. The largest absolute Gasteiger partial charge is 0.390 e. The van der Waals surface area contributed by atoms with Crippen molar-refractivity contribution in [1.82, 2.24) is 36.2 Å². The molecule has 0 unspecified atom stereocenters. The van der Waals surface area contributed by atoms with Gasteiger partial charge in [-0.25, -0.2) is 22.8 Å². The third kappa shape index (κ3) is 7.73. The molecule has 1 fully saturated rings. The van der Waals surface area contributed by atoms with Crippen molar-refractivity contribution < 1.29 is 45.4 Å². The zero-order chi connectivity index (χ0) is 33.3. The van der Waals surface area contributed by atoms with E-state index in [0.29, 0.717) is 0 Å². The lowest BCUT2D eigenvalue weighted by atomic mass is 9.81. The maximum Gasteiger partial charge on any atom is 0.390 e. The molecular weight excluding hydrogens is 612 g/mol. The molecule has 3 atom stereocenters. The van der Waals surface area contributed by atoms with Crippen LogP contribution in [-0.2, 0) is 9.59 Å². The van der Waals surface area contributed by atoms with Crippen LogP contribution in [0.4, 0.5) is 26.3 Å². The molecule has 0 spiro atoms. The highest BCUT2D eigenvalue weighted by molar-refractivity contribution is 5.93. The monoisotopic (exact) mass is 645 g/mol. The van der Waals surface area contributed by atoms with Gasteiger partial charge in [0.05, 0.1) is 23.9 Å². The lowest BCUT2D eigenvalue weighted by Gasteiger charge is -2.33. The maximum absolute atomic E-state index is 16.0. The minimum Gasteiger partial charge on any atom is -0.357 e. The number of hydrogen-bond acceptors (Lipinski definition) is 7. The number of halogens is 6. The van der Waals surface area contributed by atoms with Crippen LogP contribution < -0.4 is 16.0 Å². The van der Waals surface area contributed by atoms with Crippen LogP contribution in [0.1, 0.15) is 85.5 Å². The number of benzene rings is 1. The van der Waals surface area contributed by atoms with Crippen molar-refractivity contribution >= 4 is 28.8 Å². The molecule has 2 heterocycles. The van der Waals surface area contributed by atoms with Crippen molar-refractivity contribution in [2.75, 3.05) is 7.05 Å². The quantitative estimate of drug-likeness (QED) is 0.235. The van der Waals surface area contributed by atoms with Crippen LogP contribution in [0, 0.1) is 24.6 Å². The minimum atomic E-state index is -4.88. The minimum absolute atomic E-state index is 0.0189. The van der Waals surface area contributed by atoms with E-state index in [2.05, 4.69) is 40.9 Å². The average molecular weight is 646 g/mol. The predicted molar refractivity (Wildman–Crippen MR) is 146 cm³/mol. The van der Waals surface area contributed by atoms with Gasteiger partial charge in [-0.05, 0) is 42.8 Å². The van der Waals surface area contributed by atoms with Crippen molar-refractivity contribution in [3.05, 3.63) is 40.7 Å². The molecule has 1 aliphatic carbocycles. The molecule has 4 rings (SSSR count). The van der Waals surface area contributed by atoms with E-state index in [1.54, 1.807) is 13.8 Å². The fraction of sp³-hybridized carbons (Fsp3) is 0.571. The summed E-state index contributed by atoms with van der Waals surface area (Å²) in [4.78, 5) is 45.5. The summed E-state index contributed by atoms with van der Waals surface area (Å²) in [5.41, 5.74) is -1.01. The highest BCUT2D eigenvalue weighted by atomic mass is 19.4. The SMILES string of the molecule is CNC(=O)[C@H](NC(=O)[C@@H](CC(F)(F)F)c1ccc2[nH]c([C@@H](NC(=O)c3nonc3C)C3CCC(F)(F)CC3)nc2c1F)C(C)C. The second kappa shape index (κ2) is 13.0. The molecule has 3 aromatic rings. The molecule has 3 amide bonds. The number of aryl methyl sites for hydroxylation is 1. The third-order valence-electron chi connectivity index (χ3n) is 7.94. The first-order valence-corrected chi connectivity index (χ1v) is 14.3. The number of amides is 3.